The van der Waals surface area contributed by atoms with E-state index in [1.807, 2.05) is 13.8 Å². The van der Waals surface area contributed by atoms with Gasteiger partial charge in [-0.25, -0.2) is 0 Å². The number of rotatable bonds is 7. The molecule has 0 bridgehead atoms. The lowest BCUT2D eigenvalue weighted by molar-refractivity contribution is -0.0127. The van der Waals surface area contributed by atoms with Crippen LogP contribution in [0.4, 0.5) is 0 Å². The van der Waals surface area contributed by atoms with Crippen LogP contribution in [0.1, 0.15) is 26.7 Å². The molecule has 0 saturated heterocycles. The Bertz CT molecular complexity index is 163. The molecule has 0 spiro atoms. The summed E-state index contributed by atoms with van der Waals surface area (Å²) in [6, 6.07) is 0.718. The maximum absolute atomic E-state index is 5.71. The van der Waals surface area contributed by atoms with Gasteiger partial charge in [0, 0.05) is 26.7 Å². The quantitative estimate of drug-likeness (QED) is 0.488. The van der Waals surface area contributed by atoms with Crippen molar-refractivity contribution in [3.63, 3.8) is 0 Å². The van der Waals surface area contributed by atoms with Crippen LogP contribution < -0.4 is 11.5 Å². The van der Waals surface area contributed by atoms with Crippen LogP contribution in [0.15, 0.2) is 0 Å². The summed E-state index contributed by atoms with van der Waals surface area (Å²) in [4.78, 5) is 0. The Kier molecular flexibility index (Phi) is 5.80. The lowest BCUT2D eigenvalue weighted by Crippen LogP contribution is -2.60. The van der Waals surface area contributed by atoms with Crippen molar-refractivity contribution in [2.45, 2.75) is 38.6 Å². The molecule has 4 N–H and O–H groups in total. The average molecular weight is 222 g/mol. The fraction of sp³-hybridized carbons (Fsp3) is 1.00. The summed E-state index contributed by atoms with van der Waals surface area (Å²) >= 11 is 0. The van der Waals surface area contributed by atoms with Gasteiger partial charge < -0.3 is 13.3 Å². The molecule has 86 valence electrons. The van der Waals surface area contributed by atoms with Crippen LogP contribution in [0.3, 0.4) is 0 Å². The maximum Gasteiger partial charge on any atom is 0.502 e. The molecule has 5 nitrogen and oxygen atoms in total. The first kappa shape index (κ1) is 14.0. The summed E-state index contributed by atoms with van der Waals surface area (Å²) in [5.41, 5.74) is 11.4. The van der Waals surface area contributed by atoms with Gasteiger partial charge >= 0.3 is 8.80 Å². The standard InChI is InChI=1S/C8H22N2O3Si/c1-5-7-14(11-3,12-4)13-8(9,10)6-2/h5-7,9-10H2,1-4H3. The second kappa shape index (κ2) is 5.79. The zero-order chi connectivity index (χ0) is 11.2. The minimum Gasteiger partial charge on any atom is -0.377 e. The van der Waals surface area contributed by atoms with E-state index in [9.17, 15) is 0 Å². The Labute approximate surface area is 87.1 Å². The van der Waals surface area contributed by atoms with E-state index in [-0.39, 0.29) is 0 Å². The average Bonchev–Trinajstić information content (AvgIpc) is 2.17. The topological polar surface area (TPSA) is 79.7 Å². The largest absolute Gasteiger partial charge is 0.502 e. The van der Waals surface area contributed by atoms with Crippen LogP contribution in [0, 0.1) is 0 Å². The van der Waals surface area contributed by atoms with Gasteiger partial charge in [-0.15, -0.1) is 0 Å². The van der Waals surface area contributed by atoms with Gasteiger partial charge in [0.1, 0.15) is 0 Å². The summed E-state index contributed by atoms with van der Waals surface area (Å²) in [7, 11) is 0.483. The second-order valence-electron chi connectivity index (χ2n) is 3.25. The third kappa shape index (κ3) is 4.03. The van der Waals surface area contributed by atoms with Crippen LogP contribution >= 0.6 is 0 Å². The van der Waals surface area contributed by atoms with Crippen LogP contribution in [0.25, 0.3) is 0 Å². The molecule has 0 aromatic carbocycles. The third-order valence-corrected chi connectivity index (χ3v) is 5.12. The molecule has 0 amide bonds. The lowest BCUT2D eigenvalue weighted by atomic mass is 10.3. The minimum atomic E-state index is -2.65. The van der Waals surface area contributed by atoms with E-state index in [4.69, 9.17) is 24.7 Å². The first-order chi connectivity index (χ1) is 6.45. The molecule has 0 aliphatic carbocycles. The molecular weight excluding hydrogens is 200 g/mol. The van der Waals surface area contributed by atoms with Gasteiger partial charge in [0.25, 0.3) is 0 Å². The maximum atomic E-state index is 5.71. The fourth-order valence-electron chi connectivity index (χ4n) is 1.09. The molecule has 14 heavy (non-hydrogen) atoms. The zero-order valence-electron chi connectivity index (χ0n) is 9.50. The van der Waals surface area contributed by atoms with Gasteiger partial charge in [0.15, 0.2) is 5.85 Å². The number of hydrogen-bond donors (Lipinski definition) is 2. The molecule has 6 heteroatoms. The van der Waals surface area contributed by atoms with Gasteiger partial charge in [-0.1, -0.05) is 20.3 Å². The molecule has 0 unspecified atom stereocenters. The van der Waals surface area contributed by atoms with Gasteiger partial charge in [0.05, 0.1) is 0 Å². The monoisotopic (exact) mass is 222 g/mol. The minimum absolute atomic E-state index is 0.512. The van der Waals surface area contributed by atoms with Crippen LogP contribution in [-0.4, -0.2) is 28.9 Å². The van der Waals surface area contributed by atoms with Gasteiger partial charge in [0.2, 0.25) is 0 Å². The highest BCUT2D eigenvalue weighted by atomic mass is 28.4. The normalized spacial score (nSPS) is 13.3. The van der Waals surface area contributed by atoms with E-state index in [0.717, 1.165) is 12.5 Å². The second-order valence-corrected chi connectivity index (χ2v) is 6.14. The van der Waals surface area contributed by atoms with Crippen molar-refractivity contribution in [3.8, 4) is 0 Å². The van der Waals surface area contributed by atoms with Crippen molar-refractivity contribution in [1.29, 1.82) is 0 Å². The van der Waals surface area contributed by atoms with Crippen molar-refractivity contribution >= 4 is 8.80 Å². The Hall–Kier alpha value is 0.0169. The highest BCUT2D eigenvalue weighted by Gasteiger charge is 2.43. The number of hydrogen-bond acceptors (Lipinski definition) is 5. The fourth-order valence-corrected chi connectivity index (χ4v) is 3.27. The molecule has 0 radical (unpaired) electrons. The van der Waals surface area contributed by atoms with Crippen molar-refractivity contribution in [2.75, 3.05) is 14.2 Å². The van der Waals surface area contributed by atoms with E-state index >= 15 is 0 Å². The van der Waals surface area contributed by atoms with Crippen molar-refractivity contribution in [1.82, 2.24) is 0 Å². The predicted molar refractivity (Wildman–Crippen MR) is 57.4 cm³/mol. The number of nitrogens with two attached hydrogens (primary N) is 2. The van der Waals surface area contributed by atoms with Crippen molar-refractivity contribution < 1.29 is 13.3 Å². The van der Waals surface area contributed by atoms with Crippen molar-refractivity contribution in [2.24, 2.45) is 11.5 Å². The molecule has 0 aromatic rings. The predicted octanol–water partition coefficient (Wildman–Crippen LogP) is 0.626. The first-order valence-electron chi connectivity index (χ1n) is 4.83. The smallest absolute Gasteiger partial charge is 0.377 e. The Morgan fingerprint density at radius 2 is 1.64 bits per heavy atom. The molecule has 0 aromatic heterocycles. The molecule has 0 aliphatic heterocycles. The first-order valence-corrected chi connectivity index (χ1v) is 6.76. The Morgan fingerprint density at radius 3 is 1.93 bits per heavy atom. The molecule has 0 rings (SSSR count). The molecule has 0 saturated carbocycles. The lowest BCUT2D eigenvalue weighted by Gasteiger charge is -2.34. The Morgan fingerprint density at radius 1 is 1.14 bits per heavy atom. The summed E-state index contributed by atoms with van der Waals surface area (Å²) in [5, 5.41) is 0. The molecule has 0 aliphatic rings. The van der Waals surface area contributed by atoms with Gasteiger partial charge in [-0.2, -0.15) is 0 Å². The van der Waals surface area contributed by atoms with Crippen molar-refractivity contribution in [3.05, 3.63) is 0 Å². The summed E-state index contributed by atoms with van der Waals surface area (Å²) < 4.78 is 16.2. The highest BCUT2D eigenvalue weighted by Crippen LogP contribution is 2.20. The summed E-state index contributed by atoms with van der Waals surface area (Å²) in [6.45, 7) is 3.89. The van der Waals surface area contributed by atoms with E-state index in [0.29, 0.717) is 6.42 Å². The van der Waals surface area contributed by atoms with Gasteiger partial charge in [-0.05, 0) is 0 Å². The van der Waals surface area contributed by atoms with E-state index in [1.54, 1.807) is 14.2 Å². The van der Waals surface area contributed by atoms with E-state index < -0.39 is 14.7 Å². The van der Waals surface area contributed by atoms with Gasteiger partial charge in [-0.3, -0.25) is 11.5 Å². The SMILES string of the molecule is CCC[Si](OC)(OC)OC(N)(N)CC. The molecular formula is C8H22N2O3Si. The van der Waals surface area contributed by atoms with E-state index in [2.05, 4.69) is 0 Å². The van der Waals surface area contributed by atoms with E-state index in [1.165, 1.54) is 0 Å². The molecule has 0 atom stereocenters. The summed E-state index contributed by atoms with van der Waals surface area (Å²) in [5.74, 6) is -1.16. The highest BCUT2D eigenvalue weighted by molar-refractivity contribution is 6.60. The van der Waals surface area contributed by atoms with Crippen LogP contribution in [-0.2, 0) is 13.3 Å². The Balaban J connectivity index is 4.49. The molecule has 0 heterocycles. The third-order valence-electron chi connectivity index (χ3n) is 2.08. The molecule has 0 fully saturated rings. The zero-order valence-corrected chi connectivity index (χ0v) is 10.5. The summed E-state index contributed by atoms with van der Waals surface area (Å²) in [6.07, 6.45) is 1.42. The van der Waals surface area contributed by atoms with Crippen LogP contribution in [0.2, 0.25) is 6.04 Å². The van der Waals surface area contributed by atoms with Crippen LogP contribution in [0.5, 0.6) is 0 Å².